The molecule has 0 N–H and O–H groups in total. The van der Waals surface area contributed by atoms with Crippen molar-refractivity contribution in [2.24, 2.45) is 0 Å². The highest BCUT2D eigenvalue weighted by atomic mass is 16.6. The number of rotatable bonds is 57. The van der Waals surface area contributed by atoms with Crippen LogP contribution in [0, 0.1) is 0 Å². The number of hydrogen-bond acceptors (Lipinski definition) is 6. The Morgan fingerprint density at radius 3 is 0.802 bits per heavy atom. The first-order valence-corrected chi connectivity index (χ1v) is 32.6. The SMILES string of the molecule is CC/C=C\C/C=C\C/C=C\C/C=C\C/C=C\CCCCCCCCCC(=O)OC(COC(=O)C/C=C\C/C=C\C/C=C\C/C=C\C/C=C\CC)COC(=O)CCCCCCCCCCCCCC/C=C\C/C=C\C/C=C\C/C=C\CC. The molecule has 1 atom stereocenters. The van der Waals surface area contributed by atoms with Crippen LogP contribution >= 0.6 is 0 Å². The molecular weight excluding hydrogens is 997 g/mol. The van der Waals surface area contributed by atoms with E-state index in [0.29, 0.717) is 6.42 Å². The van der Waals surface area contributed by atoms with Crippen LogP contribution in [0.15, 0.2) is 170 Å². The van der Waals surface area contributed by atoms with Crippen molar-refractivity contribution in [2.45, 2.75) is 271 Å². The molecule has 0 aliphatic rings. The Kier molecular flexibility index (Phi) is 62.9. The number of unbranched alkanes of at least 4 members (excludes halogenated alkanes) is 19. The van der Waals surface area contributed by atoms with Gasteiger partial charge in [0.15, 0.2) is 6.10 Å². The van der Waals surface area contributed by atoms with E-state index in [9.17, 15) is 14.4 Å². The normalized spacial score (nSPS) is 13.3. The van der Waals surface area contributed by atoms with Gasteiger partial charge in [-0.05, 0) is 128 Å². The summed E-state index contributed by atoms with van der Waals surface area (Å²) in [6.07, 6.45) is 99.6. The van der Waals surface area contributed by atoms with Gasteiger partial charge in [-0.2, -0.15) is 0 Å². The summed E-state index contributed by atoms with van der Waals surface area (Å²) in [5.74, 6) is -1.07. The van der Waals surface area contributed by atoms with E-state index in [4.69, 9.17) is 14.2 Å². The second kappa shape index (κ2) is 67.3. The molecule has 0 saturated carbocycles. The minimum atomic E-state index is -0.835. The van der Waals surface area contributed by atoms with Crippen molar-refractivity contribution in [1.82, 2.24) is 0 Å². The van der Waals surface area contributed by atoms with Crippen LogP contribution in [0.1, 0.15) is 265 Å². The van der Waals surface area contributed by atoms with Gasteiger partial charge in [0.25, 0.3) is 0 Å². The van der Waals surface area contributed by atoms with Crippen LogP contribution in [0.25, 0.3) is 0 Å². The maximum absolute atomic E-state index is 12.9. The van der Waals surface area contributed by atoms with Crippen LogP contribution in [0.4, 0.5) is 0 Å². The largest absolute Gasteiger partial charge is 0.462 e. The third-order valence-corrected chi connectivity index (χ3v) is 13.2. The van der Waals surface area contributed by atoms with Crippen molar-refractivity contribution < 1.29 is 28.6 Å². The predicted molar refractivity (Wildman–Crippen MR) is 352 cm³/mol. The second-order valence-corrected chi connectivity index (χ2v) is 20.9. The molecule has 0 heterocycles. The van der Waals surface area contributed by atoms with Crippen molar-refractivity contribution >= 4 is 17.9 Å². The number of carbonyl (C=O) groups is 3. The fraction of sp³-hybridized carbons (Fsp3) is 0.587. The summed E-state index contributed by atoms with van der Waals surface area (Å²) in [5, 5.41) is 0. The van der Waals surface area contributed by atoms with Gasteiger partial charge in [0.05, 0.1) is 6.42 Å². The summed E-state index contributed by atoms with van der Waals surface area (Å²) >= 11 is 0. The zero-order valence-electron chi connectivity index (χ0n) is 52.0. The molecule has 0 aromatic carbocycles. The van der Waals surface area contributed by atoms with Crippen molar-refractivity contribution in [3.63, 3.8) is 0 Å². The van der Waals surface area contributed by atoms with Gasteiger partial charge in [0.2, 0.25) is 0 Å². The zero-order valence-corrected chi connectivity index (χ0v) is 52.0. The lowest BCUT2D eigenvalue weighted by Crippen LogP contribution is -2.30. The summed E-state index contributed by atoms with van der Waals surface area (Å²) in [4.78, 5) is 38.3. The van der Waals surface area contributed by atoms with E-state index in [1.807, 2.05) is 6.08 Å². The summed E-state index contributed by atoms with van der Waals surface area (Å²) in [6, 6.07) is 0. The van der Waals surface area contributed by atoms with E-state index >= 15 is 0 Å². The van der Waals surface area contributed by atoms with Crippen LogP contribution in [0.3, 0.4) is 0 Å². The Morgan fingerprint density at radius 2 is 0.494 bits per heavy atom. The van der Waals surface area contributed by atoms with Gasteiger partial charge in [-0.3, -0.25) is 14.4 Å². The van der Waals surface area contributed by atoms with Crippen molar-refractivity contribution in [1.29, 1.82) is 0 Å². The second-order valence-electron chi connectivity index (χ2n) is 20.9. The molecule has 0 aromatic heterocycles. The van der Waals surface area contributed by atoms with Crippen molar-refractivity contribution in [2.75, 3.05) is 13.2 Å². The highest BCUT2D eigenvalue weighted by Gasteiger charge is 2.19. The van der Waals surface area contributed by atoms with Crippen LogP contribution in [-0.2, 0) is 28.6 Å². The summed E-state index contributed by atoms with van der Waals surface area (Å²) in [7, 11) is 0. The molecule has 454 valence electrons. The number of hydrogen-bond donors (Lipinski definition) is 0. The quantitative estimate of drug-likeness (QED) is 0.0261. The molecule has 0 saturated heterocycles. The molecule has 0 aliphatic carbocycles. The van der Waals surface area contributed by atoms with E-state index in [1.54, 1.807) is 6.08 Å². The fourth-order valence-corrected chi connectivity index (χ4v) is 8.48. The van der Waals surface area contributed by atoms with Gasteiger partial charge in [-0.1, -0.05) is 287 Å². The lowest BCUT2D eigenvalue weighted by Gasteiger charge is -2.18. The number of carbonyl (C=O) groups excluding carboxylic acids is 3. The van der Waals surface area contributed by atoms with E-state index < -0.39 is 12.1 Å². The lowest BCUT2D eigenvalue weighted by molar-refractivity contribution is -0.166. The first kappa shape index (κ1) is 75.8. The maximum atomic E-state index is 12.9. The molecule has 0 aromatic rings. The average Bonchev–Trinajstić information content (AvgIpc) is 3.47. The van der Waals surface area contributed by atoms with Gasteiger partial charge in [-0.25, -0.2) is 0 Å². The average molecular weight is 1120 g/mol. The molecular formula is C75H118O6. The minimum Gasteiger partial charge on any atom is -0.462 e. The van der Waals surface area contributed by atoms with Crippen molar-refractivity contribution in [3.8, 4) is 0 Å². The van der Waals surface area contributed by atoms with Gasteiger partial charge < -0.3 is 14.2 Å². The molecule has 6 nitrogen and oxygen atoms in total. The highest BCUT2D eigenvalue weighted by molar-refractivity contribution is 5.72. The molecule has 0 radical (unpaired) electrons. The Balaban J connectivity index is 4.46. The topological polar surface area (TPSA) is 78.9 Å². The third kappa shape index (κ3) is 65.5. The minimum absolute atomic E-state index is 0.117. The molecule has 0 rings (SSSR count). The third-order valence-electron chi connectivity index (χ3n) is 13.2. The number of ether oxygens (including phenoxy) is 3. The zero-order chi connectivity index (χ0) is 58.5. The molecule has 1 unspecified atom stereocenters. The van der Waals surface area contributed by atoms with Crippen LogP contribution < -0.4 is 0 Å². The molecule has 0 spiro atoms. The van der Waals surface area contributed by atoms with Crippen molar-refractivity contribution in [3.05, 3.63) is 170 Å². The van der Waals surface area contributed by atoms with Crippen LogP contribution in [0.5, 0.6) is 0 Å². The Labute approximate surface area is 498 Å². The number of allylic oxidation sites excluding steroid dienone is 27. The number of esters is 3. The molecule has 81 heavy (non-hydrogen) atoms. The van der Waals surface area contributed by atoms with Gasteiger partial charge >= 0.3 is 17.9 Å². The molecule has 6 heteroatoms. The van der Waals surface area contributed by atoms with E-state index in [2.05, 4.69) is 179 Å². The Bertz CT molecular complexity index is 1860. The summed E-state index contributed by atoms with van der Waals surface area (Å²) in [5.41, 5.74) is 0. The van der Waals surface area contributed by atoms with Gasteiger partial charge in [0, 0.05) is 12.8 Å². The monoisotopic (exact) mass is 1110 g/mol. The fourth-order valence-electron chi connectivity index (χ4n) is 8.48. The maximum Gasteiger partial charge on any atom is 0.309 e. The van der Waals surface area contributed by atoms with Gasteiger partial charge in [-0.15, -0.1) is 0 Å². The molecule has 0 aliphatic heterocycles. The van der Waals surface area contributed by atoms with E-state index in [1.165, 1.54) is 83.5 Å². The van der Waals surface area contributed by atoms with E-state index in [-0.39, 0.29) is 38.0 Å². The standard InChI is InChI=1S/C75H118O6/c1-4-7-10-13-16-19-22-25-28-30-32-34-36-37-39-40-42-44-47-50-53-56-59-62-65-68-74(77)80-71-72(70-79-73(76)67-64-61-58-55-52-49-46-27-24-21-18-15-12-9-6-3)81-75(78)69-66-63-60-57-54-51-48-45-43-41-38-35-33-31-29-26-23-20-17-14-11-8-5-2/h7-12,16-21,25-29,32-35,41,43,46,52,55,61,64,72H,4-6,13-15,22-24,30-31,36-40,42,44-45,47-51,53-54,56-60,62-63,65-71H2,1-3H3/b10-7-,11-8-,12-9-,19-16-,20-17-,21-18-,28-25-,29-26-,34-32-,35-33-,43-41-,46-27-,55-52-,64-61-. The summed E-state index contributed by atoms with van der Waals surface area (Å²) < 4.78 is 16.8. The first-order valence-electron chi connectivity index (χ1n) is 32.6. The molecule has 0 fully saturated rings. The lowest BCUT2D eigenvalue weighted by atomic mass is 10.0. The summed E-state index contributed by atoms with van der Waals surface area (Å²) in [6.45, 7) is 6.20. The van der Waals surface area contributed by atoms with Gasteiger partial charge in [0.1, 0.15) is 13.2 Å². The van der Waals surface area contributed by atoms with E-state index in [0.717, 1.165) is 141 Å². The molecule has 0 amide bonds. The van der Waals surface area contributed by atoms with Crippen LogP contribution in [-0.4, -0.2) is 37.2 Å². The first-order chi connectivity index (χ1) is 40.0. The smallest absolute Gasteiger partial charge is 0.309 e. The predicted octanol–water partition coefficient (Wildman–Crippen LogP) is 22.7. The Hall–Kier alpha value is -5.23. The molecule has 0 bridgehead atoms. The Morgan fingerprint density at radius 1 is 0.259 bits per heavy atom. The highest BCUT2D eigenvalue weighted by Crippen LogP contribution is 2.15. The van der Waals surface area contributed by atoms with Crippen LogP contribution in [0.2, 0.25) is 0 Å².